The Bertz CT molecular complexity index is 911. The number of anilines is 1. The number of halogens is 1. The van der Waals surface area contributed by atoms with Crippen molar-refractivity contribution in [2.75, 3.05) is 5.32 Å². The first-order chi connectivity index (χ1) is 12.7. The molecule has 0 heterocycles. The number of benzene rings is 2. The van der Waals surface area contributed by atoms with Crippen LogP contribution < -0.4 is 5.32 Å². The van der Waals surface area contributed by atoms with Gasteiger partial charge in [0.25, 0.3) is 11.6 Å². The second kappa shape index (κ2) is 8.41. The van der Waals surface area contributed by atoms with Crippen LogP contribution in [0.3, 0.4) is 0 Å². The van der Waals surface area contributed by atoms with Gasteiger partial charge in [0.2, 0.25) is 0 Å². The van der Waals surface area contributed by atoms with E-state index in [0.717, 1.165) is 12.1 Å². The maximum Gasteiger partial charge on any atom is 0.345 e. The molecule has 140 valence electrons. The highest BCUT2D eigenvalue weighted by Gasteiger charge is 2.25. The molecule has 2 aromatic carbocycles. The Morgan fingerprint density at radius 3 is 2.33 bits per heavy atom. The number of amides is 1. The molecule has 0 saturated carbocycles. The number of esters is 1. The summed E-state index contributed by atoms with van der Waals surface area (Å²) >= 11 is 5.70. The third kappa shape index (κ3) is 5.11. The Hall–Kier alpha value is -3.26. The van der Waals surface area contributed by atoms with Crippen molar-refractivity contribution in [3.63, 3.8) is 0 Å². The van der Waals surface area contributed by atoms with Crippen molar-refractivity contribution in [3.05, 3.63) is 68.7 Å². The lowest BCUT2D eigenvalue weighted by Gasteiger charge is -2.14. The zero-order valence-corrected chi connectivity index (χ0v) is 15.1. The lowest BCUT2D eigenvalue weighted by atomic mass is 10.1. The smallest absolute Gasteiger partial charge is 0.345 e. The van der Waals surface area contributed by atoms with Crippen LogP contribution in [0.4, 0.5) is 11.4 Å². The Kier molecular flexibility index (Phi) is 6.25. The monoisotopic (exact) mass is 390 g/mol. The zero-order chi connectivity index (χ0) is 20.1. The molecule has 1 unspecified atom stereocenters. The molecular weight excluding hydrogens is 376 g/mol. The molecule has 27 heavy (non-hydrogen) atoms. The van der Waals surface area contributed by atoms with Gasteiger partial charge in [-0.25, -0.2) is 4.79 Å². The number of nitro groups is 1. The van der Waals surface area contributed by atoms with Crippen molar-refractivity contribution in [2.24, 2.45) is 0 Å². The Balaban J connectivity index is 2.07. The van der Waals surface area contributed by atoms with Crippen LogP contribution >= 0.6 is 11.6 Å². The third-order valence-electron chi connectivity index (χ3n) is 3.59. The molecule has 0 radical (unpaired) electrons. The fourth-order valence-electron chi connectivity index (χ4n) is 2.14. The number of ether oxygens (including phenoxy) is 1. The predicted molar refractivity (Wildman–Crippen MR) is 98.1 cm³/mol. The summed E-state index contributed by atoms with van der Waals surface area (Å²) in [5.74, 6) is -1.76. The Morgan fingerprint density at radius 1 is 1.15 bits per heavy atom. The second-order valence-electron chi connectivity index (χ2n) is 5.59. The standard InChI is InChI=1S/C18H15ClN2O6/c1-10(22)12-3-6-14(7-4-12)20-17(23)11(2)27-18(24)15-8-5-13(19)9-16(15)21(25)26/h3-9,11H,1-2H3,(H,20,23). The van der Waals surface area contributed by atoms with Gasteiger partial charge in [-0.1, -0.05) is 11.6 Å². The average Bonchev–Trinajstić information content (AvgIpc) is 2.61. The largest absolute Gasteiger partial charge is 0.449 e. The number of hydrogen-bond acceptors (Lipinski definition) is 6. The number of nitrogens with zero attached hydrogens (tertiary/aromatic N) is 1. The molecule has 1 N–H and O–H groups in total. The van der Waals surface area contributed by atoms with Gasteiger partial charge in [-0.05, 0) is 50.2 Å². The quantitative estimate of drug-likeness (QED) is 0.348. The minimum Gasteiger partial charge on any atom is -0.449 e. The van der Waals surface area contributed by atoms with Gasteiger partial charge in [-0.15, -0.1) is 0 Å². The van der Waals surface area contributed by atoms with Crippen LogP contribution in [0.1, 0.15) is 34.6 Å². The number of ketones is 1. The van der Waals surface area contributed by atoms with E-state index >= 15 is 0 Å². The van der Waals surface area contributed by atoms with Gasteiger partial charge in [0, 0.05) is 22.3 Å². The molecule has 0 fully saturated rings. The molecule has 0 aliphatic carbocycles. The number of nitrogens with one attached hydrogen (secondary N) is 1. The number of carbonyl (C=O) groups is 3. The SMILES string of the molecule is CC(=O)c1ccc(NC(=O)C(C)OC(=O)c2ccc(Cl)cc2[N+](=O)[O-])cc1. The van der Waals surface area contributed by atoms with Gasteiger partial charge in [-0.3, -0.25) is 19.7 Å². The minimum atomic E-state index is -1.21. The first kappa shape index (κ1) is 20.1. The van der Waals surface area contributed by atoms with Gasteiger partial charge in [0.1, 0.15) is 5.56 Å². The van der Waals surface area contributed by atoms with Crippen LogP contribution in [0, 0.1) is 10.1 Å². The summed E-state index contributed by atoms with van der Waals surface area (Å²) < 4.78 is 5.01. The van der Waals surface area contributed by atoms with Gasteiger partial charge < -0.3 is 10.1 Å². The van der Waals surface area contributed by atoms with E-state index in [0.29, 0.717) is 11.3 Å². The number of nitro benzene ring substituents is 1. The number of rotatable bonds is 6. The second-order valence-corrected chi connectivity index (χ2v) is 6.03. The molecule has 2 rings (SSSR count). The number of carbonyl (C=O) groups excluding carboxylic acids is 3. The highest BCUT2D eigenvalue weighted by molar-refractivity contribution is 6.31. The maximum absolute atomic E-state index is 12.2. The summed E-state index contributed by atoms with van der Waals surface area (Å²) in [7, 11) is 0. The molecule has 1 amide bonds. The molecule has 9 heteroatoms. The topological polar surface area (TPSA) is 116 Å². The summed E-state index contributed by atoms with van der Waals surface area (Å²) in [6.07, 6.45) is -1.21. The maximum atomic E-state index is 12.2. The molecule has 0 saturated heterocycles. The van der Waals surface area contributed by atoms with E-state index in [-0.39, 0.29) is 16.4 Å². The van der Waals surface area contributed by atoms with Crippen molar-refractivity contribution in [1.29, 1.82) is 0 Å². The highest BCUT2D eigenvalue weighted by Crippen LogP contribution is 2.24. The third-order valence-corrected chi connectivity index (χ3v) is 3.82. The Labute approximate surface area is 159 Å². The normalized spacial score (nSPS) is 11.4. The van der Waals surface area contributed by atoms with Crippen LogP contribution in [-0.4, -0.2) is 28.7 Å². The molecular formula is C18H15ClN2O6. The summed E-state index contributed by atoms with van der Waals surface area (Å²) in [6.45, 7) is 2.75. The fraction of sp³-hybridized carbons (Fsp3) is 0.167. The van der Waals surface area contributed by atoms with Crippen LogP contribution in [0.25, 0.3) is 0 Å². The number of Topliss-reactive ketones (excluding diaryl/α,β-unsaturated/α-hetero) is 1. The van der Waals surface area contributed by atoms with Gasteiger partial charge >= 0.3 is 5.97 Å². The van der Waals surface area contributed by atoms with E-state index in [1.54, 1.807) is 12.1 Å². The predicted octanol–water partition coefficient (Wildman–Crippen LogP) is 3.63. The van der Waals surface area contributed by atoms with E-state index in [1.807, 2.05) is 0 Å². The van der Waals surface area contributed by atoms with Crippen LogP contribution in [0.15, 0.2) is 42.5 Å². The molecule has 0 bridgehead atoms. The summed E-state index contributed by atoms with van der Waals surface area (Å²) in [4.78, 5) is 45.9. The average molecular weight is 391 g/mol. The molecule has 1 atom stereocenters. The van der Waals surface area contributed by atoms with Crippen molar-refractivity contribution < 1.29 is 24.0 Å². The molecule has 8 nitrogen and oxygen atoms in total. The summed E-state index contributed by atoms with van der Waals surface area (Å²) in [5.41, 5.74) is 0.0719. The van der Waals surface area contributed by atoms with Crippen molar-refractivity contribution >= 4 is 40.6 Å². The van der Waals surface area contributed by atoms with Crippen LogP contribution in [0.2, 0.25) is 5.02 Å². The van der Waals surface area contributed by atoms with Crippen molar-refractivity contribution in [3.8, 4) is 0 Å². The van der Waals surface area contributed by atoms with Gasteiger partial charge in [0.15, 0.2) is 11.9 Å². The summed E-state index contributed by atoms with van der Waals surface area (Å²) in [6, 6.07) is 9.66. The fourth-order valence-corrected chi connectivity index (χ4v) is 2.30. The van der Waals surface area contributed by atoms with Crippen molar-refractivity contribution in [1.82, 2.24) is 0 Å². The number of hydrogen-bond donors (Lipinski definition) is 1. The molecule has 0 aliphatic rings. The molecule has 0 aromatic heterocycles. The minimum absolute atomic E-state index is 0.0954. The van der Waals surface area contributed by atoms with E-state index in [4.69, 9.17) is 16.3 Å². The first-order valence-electron chi connectivity index (χ1n) is 7.76. The van der Waals surface area contributed by atoms with Crippen LogP contribution in [-0.2, 0) is 9.53 Å². The van der Waals surface area contributed by atoms with E-state index in [9.17, 15) is 24.5 Å². The first-order valence-corrected chi connectivity index (χ1v) is 8.13. The zero-order valence-electron chi connectivity index (χ0n) is 14.4. The highest BCUT2D eigenvalue weighted by atomic mass is 35.5. The van der Waals surface area contributed by atoms with Gasteiger partial charge in [-0.2, -0.15) is 0 Å². The summed E-state index contributed by atoms with van der Waals surface area (Å²) in [5, 5.41) is 13.7. The molecule has 2 aromatic rings. The molecule has 0 spiro atoms. The van der Waals surface area contributed by atoms with Crippen molar-refractivity contribution in [2.45, 2.75) is 20.0 Å². The van der Waals surface area contributed by atoms with E-state index in [2.05, 4.69) is 5.32 Å². The lowest BCUT2D eigenvalue weighted by molar-refractivity contribution is -0.385. The van der Waals surface area contributed by atoms with E-state index in [1.165, 1.54) is 32.0 Å². The Morgan fingerprint density at radius 2 is 1.78 bits per heavy atom. The lowest BCUT2D eigenvalue weighted by Crippen LogP contribution is -2.30. The van der Waals surface area contributed by atoms with E-state index < -0.39 is 28.6 Å². The molecule has 0 aliphatic heterocycles. The van der Waals surface area contributed by atoms with Crippen LogP contribution in [0.5, 0.6) is 0 Å². The van der Waals surface area contributed by atoms with Gasteiger partial charge in [0.05, 0.1) is 4.92 Å².